The van der Waals surface area contributed by atoms with E-state index in [1.807, 2.05) is 57.2 Å². The summed E-state index contributed by atoms with van der Waals surface area (Å²) in [6.45, 7) is 8.81. The number of carbonyl (C=O) groups excluding carboxylic acids is 2. The number of likely N-dealkylation sites (tertiary alicyclic amines) is 2. The number of para-hydroxylation sites is 1. The van der Waals surface area contributed by atoms with Crippen LogP contribution in [0.5, 0.6) is 10.9 Å². The van der Waals surface area contributed by atoms with E-state index in [0.29, 0.717) is 30.1 Å². The Balaban J connectivity index is 0.979. The molecule has 1 saturated carbocycles. The largest absolute Gasteiger partial charge is 0.444 e. The molecule has 3 aliphatic rings. The molecule has 1 aliphatic carbocycles. The maximum Gasteiger partial charge on any atom is 0.410 e. The lowest BCUT2D eigenvalue weighted by atomic mass is 9.98. The normalized spacial score (nSPS) is 22.8. The van der Waals surface area contributed by atoms with E-state index in [4.69, 9.17) is 9.47 Å². The molecule has 0 bridgehead atoms. The Morgan fingerprint density at radius 3 is 2.58 bits per heavy atom. The zero-order valence-corrected chi connectivity index (χ0v) is 22.9. The lowest BCUT2D eigenvalue weighted by Crippen LogP contribution is -2.58. The van der Waals surface area contributed by atoms with Crippen LogP contribution in [0.25, 0.3) is 10.2 Å². The first kappa shape index (κ1) is 25.1. The highest BCUT2D eigenvalue weighted by molar-refractivity contribution is 7.20. The second kappa shape index (κ2) is 9.85. The number of fused-ring (bicyclic) bond motifs is 2. The minimum absolute atomic E-state index is 0.120. The molecule has 6 rings (SSSR count). The maximum atomic E-state index is 13.2. The number of amides is 2. The standard InChI is InChI=1S/C29H34N4O4S/c1-29(2,3)37-28(35)32-15-20(16-32)26(34)33-17-19-12-22(19)24(33)14-30-13-18-8-10-21(11-9-18)36-27-31-23-6-4-5-7-25(23)38-27/h4-11,19-20,22,24,30H,12-17H2,1-3H3. The number of hydrogen-bond donors (Lipinski definition) is 1. The van der Waals surface area contributed by atoms with E-state index < -0.39 is 5.60 Å². The summed E-state index contributed by atoms with van der Waals surface area (Å²) in [7, 11) is 0. The van der Waals surface area contributed by atoms with Crippen LogP contribution in [0.4, 0.5) is 4.79 Å². The van der Waals surface area contributed by atoms with Crippen LogP contribution < -0.4 is 10.1 Å². The lowest BCUT2D eigenvalue weighted by Gasteiger charge is -2.41. The van der Waals surface area contributed by atoms with Crippen molar-refractivity contribution in [1.82, 2.24) is 20.1 Å². The van der Waals surface area contributed by atoms with Gasteiger partial charge in [-0.1, -0.05) is 35.6 Å². The predicted molar refractivity (Wildman–Crippen MR) is 146 cm³/mol. The molecule has 38 heavy (non-hydrogen) atoms. The zero-order valence-electron chi connectivity index (χ0n) is 22.1. The summed E-state index contributed by atoms with van der Waals surface area (Å²) in [6.07, 6.45) is 0.878. The summed E-state index contributed by atoms with van der Waals surface area (Å²) >= 11 is 1.54. The molecule has 2 aliphatic heterocycles. The molecule has 3 fully saturated rings. The van der Waals surface area contributed by atoms with Gasteiger partial charge in [-0.2, -0.15) is 0 Å². The van der Waals surface area contributed by atoms with Gasteiger partial charge in [-0.25, -0.2) is 9.78 Å². The molecule has 2 amide bonds. The monoisotopic (exact) mass is 534 g/mol. The van der Waals surface area contributed by atoms with Crippen LogP contribution in [0, 0.1) is 17.8 Å². The molecule has 2 saturated heterocycles. The number of carbonyl (C=O) groups is 2. The molecule has 1 aromatic heterocycles. The van der Waals surface area contributed by atoms with Gasteiger partial charge in [0.05, 0.1) is 16.1 Å². The first-order chi connectivity index (χ1) is 18.2. The summed E-state index contributed by atoms with van der Waals surface area (Å²) in [5, 5.41) is 4.21. The van der Waals surface area contributed by atoms with Gasteiger partial charge in [0.15, 0.2) is 0 Å². The van der Waals surface area contributed by atoms with Crippen LogP contribution in [0.15, 0.2) is 48.5 Å². The fourth-order valence-corrected chi connectivity index (χ4v) is 6.30. The van der Waals surface area contributed by atoms with Crippen molar-refractivity contribution in [2.24, 2.45) is 17.8 Å². The SMILES string of the molecule is CC(C)(C)OC(=O)N1CC(C(=O)N2CC3CC3C2CNCc2ccc(Oc3nc4ccccc4s3)cc2)C1. The van der Waals surface area contributed by atoms with Crippen LogP contribution in [0.3, 0.4) is 0 Å². The fourth-order valence-electron chi connectivity index (χ4n) is 5.47. The second-order valence-electron chi connectivity index (χ2n) is 11.6. The fraction of sp³-hybridized carbons (Fsp3) is 0.483. The van der Waals surface area contributed by atoms with Crippen molar-refractivity contribution in [3.05, 3.63) is 54.1 Å². The zero-order chi connectivity index (χ0) is 26.4. The number of aromatic nitrogens is 1. The highest BCUT2D eigenvalue weighted by atomic mass is 32.1. The van der Waals surface area contributed by atoms with Gasteiger partial charge in [0.1, 0.15) is 11.4 Å². The Labute approximate surface area is 226 Å². The van der Waals surface area contributed by atoms with Gasteiger partial charge in [0, 0.05) is 38.8 Å². The Kier molecular flexibility index (Phi) is 6.52. The maximum absolute atomic E-state index is 13.2. The molecule has 0 spiro atoms. The third kappa shape index (κ3) is 5.35. The second-order valence-corrected chi connectivity index (χ2v) is 12.6. The number of hydrogen-bond acceptors (Lipinski definition) is 7. The molecule has 200 valence electrons. The van der Waals surface area contributed by atoms with E-state index in [1.165, 1.54) is 17.8 Å². The van der Waals surface area contributed by atoms with Crippen LogP contribution in [0.1, 0.15) is 32.8 Å². The first-order valence-corrected chi connectivity index (χ1v) is 14.2. The lowest BCUT2D eigenvalue weighted by molar-refractivity contribution is -0.142. The predicted octanol–water partition coefficient (Wildman–Crippen LogP) is 4.89. The molecule has 3 heterocycles. The van der Waals surface area contributed by atoms with E-state index >= 15 is 0 Å². The van der Waals surface area contributed by atoms with Gasteiger partial charge in [-0.3, -0.25) is 4.79 Å². The first-order valence-electron chi connectivity index (χ1n) is 13.3. The molecule has 3 atom stereocenters. The van der Waals surface area contributed by atoms with Crippen LogP contribution in [-0.2, 0) is 16.1 Å². The topological polar surface area (TPSA) is 84.0 Å². The highest BCUT2D eigenvalue weighted by Crippen LogP contribution is 2.50. The molecular formula is C29H34N4O4S. The van der Waals surface area contributed by atoms with E-state index in [0.717, 1.165) is 41.2 Å². The van der Waals surface area contributed by atoms with Crippen molar-refractivity contribution >= 4 is 33.6 Å². The molecule has 2 aromatic carbocycles. The van der Waals surface area contributed by atoms with Crippen molar-refractivity contribution in [2.75, 3.05) is 26.2 Å². The van der Waals surface area contributed by atoms with Crippen molar-refractivity contribution < 1.29 is 19.1 Å². The van der Waals surface area contributed by atoms with Crippen molar-refractivity contribution in [3.8, 4) is 10.9 Å². The molecule has 9 heteroatoms. The molecule has 8 nitrogen and oxygen atoms in total. The average Bonchev–Trinajstić information content (AvgIpc) is 3.33. The van der Waals surface area contributed by atoms with Gasteiger partial charge in [0.2, 0.25) is 5.91 Å². The Morgan fingerprint density at radius 1 is 1.08 bits per heavy atom. The quantitative estimate of drug-likeness (QED) is 0.465. The number of rotatable bonds is 7. The van der Waals surface area contributed by atoms with Gasteiger partial charge >= 0.3 is 6.09 Å². The van der Waals surface area contributed by atoms with Gasteiger partial charge in [-0.05, 0) is 68.9 Å². The molecule has 3 aromatic rings. The molecule has 3 unspecified atom stereocenters. The number of nitrogens with one attached hydrogen (secondary N) is 1. The summed E-state index contributed by atoms with van der Waals surface area (Å²) in [4.78, 5) is 33.7. The summed E-state index contributed by atoms with van der Waals surface area (Å²) in [6, 6.07) is 16.3. The summed E-state index contributed by atoms with van der Waals surface area (Å²) in [5.74, 6) is 2.05. The summed E-state index contributed by atoms with van der Waals surface area (Å²) in [5.41, 5.74) is 1.59. The average molecular weight is 535 g/mol. The molecular weight excluding hydrogens is 500 g/mol. The Hall–Kier alpha value is -3.17. The van der Waals surface area contributed by atoms with Gasteiger partial charge in [-0.15, -0.1) is 0 Å². The number of nitrogens with zero attached hydrogens (tertiary/aromatic N) is 3. The Morgan fingerprint density at radius 2 is 1.84 bits per heavy atom. The third-order valence-corrected chi connectivity index (χ3v) is 8.47. The van der Waals surface area contributed by atoms with Crippen molar-refractivity contribution in [3.63, 3.8) is 0 Å². The number of ether oxygens (including phenoxy) is 2. The van der Waals surface area contributed by atoms with Crippen LogP contribution >= 0.6 is 11.3 Å². The number of piperidine rings is 1. The smallest absolute Gasteiger partial charge is 0.410 e. The highest BCUT2D eigenvalue weighted by Gasteiger charge is 2.55. The third-order valence-electron chi connectivity index (χ3n) is 7.55. The Bertz CT molecular complexity index is 1300. The van der Waals surface area contributed by atoms with E-state index in [-0.39, 0.29) is 24.0 Å². The van der Waals surface area contributed by atoms with Crippen LogP contribution in [0.2, 0.25) is 0 Å². The van der Waals surface area contributed by atoms with Gasteiger partial charge in [0.25, 0.3) is 5.19 Å². The van der Waals surface area contributed by atoms with E-state index in [9.17, 15) is 9.59 Å². The van der Waals surface area contributed by atoms with Crippen molar-refractivity contribution in [1.29, 1.82) is 0 Å². The van der Waals surface area contributed by atoms with E-state index in [2.05, 4.69) is 27.3 Å². The minimum atomic E-state index is -0.525. The number of thiazole rings is 1. The van der Waals surface area contributed by atoms with E-state index in [1.54, 1.807) is 4.90 Å². The molecule has 1 N–H and O–H groups in total. The summed E-state index contributed by atoms with van der Waals surface area (Å²) < 4.78 is 12.5. The molecule has 0 radical (unpaired) electrons. The number of benzene rings is 2. The minimum Gasteiger partial charge on any atom is -0.444 e. The van der Waals surface area contributed by atoms with Crippen molar-refractivity contribution in [2.45, 2.75) is 45.4 Å². The van der Waals surface area contributed by atoms with Gasteiger partial charge < -0.3 is 24.6 Å². The van der Waals surface area contributed by atoms with Crippen LogP contribution in [-0.4, -0.2) is 64.6 Å².